The number of thiocarbonyl (C=S) groups is 1. The van der Waals surface area contributed by atoms with Gasteiger partial charge in [-0.2, -0.15) is 4.99 Å². The molecule has 1 nitrogen and oxygen atoms in total. The average Bonchev–Trinajstić information content (AvgIpc) is 2.58. The lowest BCUT2D eigenvalue weighted by Crippen LogP contribution is -2.11. The van der Waals surface area contributed by atoms with Crippen molar-refractivity contribution in [3.8, 4) is 11.1 Å². The Morgan fingerprint density at radius 2 is 1.64 bits per heavy atom. The Balaban J connectivity index is 0.00000243. The van der Waals surface area contributed by atoms with E-state index >= 15 is 0 Å². The fraction of sp³-hybridized carbons (Fsp3) is 0.350. The van der Waals surface area contributed by atoms with Gasteiger partial charge in [0.1, 0.15) is 11.5 Å². The molecule has 1 fully saturated rings. The lowest BCUT2D eigenvalue weighted by Gasteiger charge is -2.26. The molecule has 0 amide bonds. The van der Waals surface area contributed by atoms with Crippen LogP contribution in [0.5, 0.6) is 0 Å². The summed E-state index contributed by atoms with van der Waals surface area (Å²) in [7, 11) is 0. The number of aliphatic imine (C=N–C) groups is 1. The molecule has 0 atom stereocenters. The van der Waals surface area contributed by atoms with Gasteiger partial charge in [0, 0.05) is 6.99 Å². The Bertz CT molecular complexity index is 818. The first kappa shape index (κ1) is 17.8. The van der Waals surface area contributed by atoms with Crippen molar-refractivity contribution in [3.05, 3.63) is 53.3 Å². The molecule has 0 aromatic heterocycles. The number of hydrogen-bond donors (Lipinski definition) is 0. The summed E-state index contributed by atoms with van der Waals surface area (Å²) in [6.45, 7) is 2.24. The van der Waals surface area contributed by atoms with Gasteiger partial charge in [-0.3, -0.25) is 0 Å². The van der Waals surface area contributed by atoms with Crippen molar-refractivity contribution in [2.75, 3.05) is 0 Å². The molecule has 1 saturated carbocycles. The van der Waals surface area contributed by atoms with Crippen LogP contribution >= 0.6 is 12.2 Å². The van der Waals surface area contributed by atoms with Gasteiger partial charge in [-0.25, -0.2) is 13.2 Å². The van der Waals surface area contributed by atoms with Crippen LogP contribution in [0.2, 0.25) is 0 Å². The zero-order valence-corrected chi connectivity index (χ0v) is 14.7. The van der Waals surface area contributed by atoms with E-state index in [1.165, 1.54) is 6.07 Å². The molecular weight excluding hydrogens is 343 g/mol. The quantitative estimate of drug-likeness (QED) is 0.420. The van der Waals surface area contributed by atoms with Gasteiger partial charge in [0.2, 0.25) is 0 Å². The van der Waals surface area contributed by atoms with Crippen molar-refractivity contribution < 1.29 is 14.6 Å². The first-order valence-electron chi connectivity index (χ1n) is 8.36. The molecule has 0 N–H and O–H groups in total. The lowest BCUT2D eigenvalue weighted by molar-refractivity contribution is 0.347. The summed E-state index contributed by atoms with van der Waals surface area (Å²) in [6, 6.07) is 7.08. The summed E-state index contributed by atoms with van der Waals surface area (Å²) < 4.78 is 42.5. The number of nitrogens with zero attached hydrogens (tertiary/aromatic N) is 1. The minimum atomic E-state index is -0.892. The number of benzene rings is 2. The molecule has 3 rings (SSSR count). The molecule has 0 aliphatic heterocycles. The van der Waals surface area contributed by atoms with Crippen LogP contribution in [0.1, 0.15) is 45.5 Å². The predicted molar refractivity (Wildman–Crippen MR) is 98.9 cm³/mol. The zero-order valence-electron chi connectivity index (χ0n) is 13.9. The van der Waals surface area contributed by atoms with E-state index in [0.717, 1.165) is 49.3 Å². The van der Waals surface area contributed by atoms with Gasteiger partial charge in [-0.05, 0) is 66.2 Å². The minimum Gasteiger partial charge on any atom is -0.206 e. The van der Waals surface area contributed by atoms with Crippen LogP contribution in [-0.4, -0.2) is 5.16 Å². The molecule has 1 aliphatic rings. The second kappa shape index (κ2) is 7.51. The van der Waals surface area contributed by atoms with Crippen molar-refractivity contribution in [1.29, 1.82) is 0 Å². The largest absolute Gasteiger partial charge is 0.206 e. The van der Waals surface area contributed by atoms with Crippen molar-refractivity contribution in [1.82, 2.24) is 0 Å². The topological polar surface area (TPSA) is 12.4 Å². The Hall–Kier alpha value is -1.97. The molecule has 0 unspecified atom stereocenters. The molecule has 0 heterocycles. The number of isothiocyanates is 1. The summed E-state index contributed by atoms with van der Waals surface area (Å²) in [5.41, 5.74) is 0.756. The third kappa shape index (κ3) is 3.83. The third-order valence-electron chi connectivity index (χ3n) is 4.97. The van der Waals surface area contributed by atoms with E-state index < -0.39 is 23.1 Å². The van der Waals surface area contributed by atoms with E-state index in [4.69, 9.17) is 0 Å². The molecule has 2 aromatic carbocycles. The van der Waals surface area contributed by atoms with Crippen molar-refractivity contribution in [3.63, 3.8) is 0 Å². The summed E-state index contributed by atoms with van der Waals surface area (Å²) in [5, 5.41) is 1.94. The summed E-state index contributed by atoms with van der Waals surface area (Å²) >= 11 is 4.37. The fourth-order valence-corrected chi connectivity index (χ4v) is 3.58. The van der Waals surface area contributed by atoms with Crippen LogP contribution in [-0.2, 0) is 0 Å². The molecule has 0 bridgehead atoms. The highest BCUT2D eigenvalue weighted by molar-refractivity contribution is 7.78. The Morgan fingerprint density at radius 1 is 1.00 bits per heavy atom. The highest BCUT2D eigenvalue weighted by Crippen LogP contribution is 2.37. The molecule has 25 heavy (non-hydrogen) atoms. The maximum absolute atomic E-state index is 14.6. The predicted octanol–water partition coefficient (Wildman–Crippen LogP) is 7.04. The van der Waals surface area contributed by atoms with Gasteiger partial charge in [0.15, 0.2) is 11.6 Å². The molecular formula is C20H20F3NS. The highest BCUT2D eigenvalue weighted by Gasteiger charge is 2.21. The number of rotatable bonds is 3. The van der Waals surface area contributed by atoms with Crippen LogP contribution in [0.4, 0.5) is 18.9 Å². The van der Waals surface area contributed by atoms with Crippen LogP contribution in [0.15, 0.2) is 35.3 Å². The first-order chi connectivity index (χ1) is 12.0. The smallest absolute Gasteiger partial charge is 0.153 e. The molecule has 2 aromatic rings. The maximum Gasteiger partial charge on any atom is 0.153 e. The third-order valence-corrected chi connectivity index (χ3v) is 5.06. The van der Waals surface area contributed by atoms with Gasteiger partial charge < -0.3 is 0 Å². The fourth-order valence-electron chi connectivity index (χ4n) is 3.49. The van der Waals surface area contributed by atoms with E-state index in [2.05, 4.69) is 24.1 Å². The SMILES string of the molecule is CC1CCC(c2ccc(-c3cc(F)c(N=C=S)c(F)c3)c(F)c2)CC1.[HH]. The van der Waals surface area contributed by atoms with Crippen molar-refractivity contribution in [2.45, 2.75) is 38.5 Å². The van der Waals surface area contributed by atoms with Crippen LogP contribution < -0.4 is 0 Å². The molecule has 1 aliphatic carbocycles. The molecule has 0 saturated heterocycles. The van der Waals surface area contributed by atoms with Gasteiger partial charge in [0.25, 0.3) is 0 Å². The summed E-state index contributed by atoms with van der Waals surface area (Å²) in [4.78, 5) is 3.37. The second-order valence-corrected chi connectivity index (χ2v) is 6.87. The Kier molecular flexibility index (Phi) is 5.36. The lowest BCUT2D eigenvalue weighted by atomic mass is 9.79. The van der Waals surface area contributed by atoms with E-state index in [1.807, 2.05) is 11.2 Å². The minimum absolute atomic E-state index is 0. The summed E-state index contributed by atoms with van der Waals surface area (Å²) in [6.07, 6.45) is 4.39. The van der Waals surface area contributed by atoms with E-state index in [9.17, 15) is 13.2 Å². The normalized spacial score (nSPS) is 20.2. The Morgan fingerprint density at radius 3 is 2.20 bits per heavy atom. The van der Waals surface area contributed by atoms with E-state index in [1.54, 1.807) is 6.07 Å². The monoisotopic (exact) mass is 363 g/mol. The zero-order chi connectivity index (χ0) is 18.0. The van der Waals surface area contributed by atoms with Gasteiger partial charge in [0.05, 0.1) is 5.16 Å². The van der Waals surface area contributed by atoms with Crippen molar-refractivity contribution >= 4 is 23.1 Å². The number of halogens is 3. The van der Waals surface area contributed by atoms with Crippen LogP contribution in [0, 0.1) is 23.4 Å². The molecule has 0 spiro atoms. The maximum atomic E-state index is 14.6. The van der Waals surface area contributed by atoms with Crippen LogP contribution in [0.3, 0.4) is 0 Å². The average molecular weight is 363 g/mol. The summed E-state index contributed by atoms with van der Waals surface area (Å²) in [5.74, 6) is -1.18. The van der Waals surface area contributed by atoms with Gasteiger partial charge in [-0.1, -0.05) is 31.9 Å². The van der Waals surface area contributed by atoms with E-state index in [0.29, 0.717) is 5.92 Å². The van der Waals surface area contributed by atoms with Gasteiger partial charge >= 0.3 is 0 Å². The van der Waals surface area contributed by atoms with Gasteiger partial charge in [-0.15, -0.1) is 0 Å². The standard InChI is InChI=1S/C20H18F3NS.H2/c1-12-2-4-13(5-3-12)14-6-7-16(17(21)8-14)15-9-18(22)20(24-11-25)19(23)10-15;/h6-10,12-13H,2-5H2,1H3;1H. The Labute approximate surface area is 152 Å². The van der Waals surface area contributed by atoms with Crippen LogP contribution in [0.25, 0.3) is 11.1 Å². The molecule has 5 heteroatoms. The first-order valence-corrected chi connectivity index (χ1v) is 8.77. The molecule has 132 valence electrons. The van der Waals surface area contributed by atoms with Crippen molar-refractivity contribution in [2.24, 2.45) is 10.9 Å². The second-order valence-electron chi connectivity index (χ2n) is 6.69. The van der Waals surface area contributed by atoms with E-state index in [-0.39, 0.29) is 12.6 Å². The highest BCUT2D eigenvalue weighted by atomic mass is 32.1. The number of hydrogen-bond acceptors (Lipinski definition) is 2. The molecule has 0 radical (unpaired) electrons.